The number of anilines is 1. The van der Waals surface area contributed by atoms with Gasteiger partial charge in [0.05, 0.1) is 11.6 Å². The molecular formula is C13H13F3N2O3. The lowest BCUT2D eigenvalue weighted by Gasteiger charge is -2.41. The van der Waals surface area contributed by atoms with E-state index in [4.69, 9.17) is 5.11 Å². The van der Waals surface area contributed by atoms with Gasteiger partial charge in [0, 0.05) is 31.1 Å². The summed E-state index contributed by atoms with van der Waals surface area (Å²) in [5.74, 6) is -5.42. The Labute approximate surface area is 118 Å². The van der Waals surface area contributed by atoms with Gasteiger partial charge in [-0.2, -0.15) is 0 Å². The van der Waals surface area contributed by atoms with Crippen LogP contribution >= 0.6 is 0 Å². The van der Waals surface area contributed by atoms with E-state index in [9.17, 15) is 22.8 Å². The lowest BCUT2D eigenvalue weighted by Crippen LogP contribution is -2.54. The molecule has 1 aliphatic rings. The van der Waals surface area contributed by atoms with Gasteiger partial charge in [0.15, 0.2) is 11.6 Å². The van der Waals surface area contributed by atoms with Crippen molar-refractivity contribution in [2.45, 2.75) is 6.92 Å². The normalized spacial score (nSPS) is 16.3. The first kappa shape index (κ1) is 15.1. The molecule has 5 nitrogen and oxygen atoms in total. The molecule has 0 aliphatic carbocycles. The van der Waals surface area contributed by atoms with Crippen LogP contribution in [0.15, 0.2) is 12.1 Å². The molecule has 0 spiro atoms. The van der Waals surface area contributed by atoms with Crippen LogP contribution < -0.4 is 5.32 Å². The van der Waals surface area contributed by atoms with Crippen LogP contribution in [0.5, 0.6) is 0 Å². The SMILES string of the molecule is CC(C(=O)O)C1CN(C(=O)Nc2cc(F)c(F)cc2F)C1. The van der Waals surface area contributed by atoms with Crippen molar-refractivity contribution in [1.29, 1.82) is 0 Å². The monoisotopic (exact) mass is 302 g/mol. The van der Waals surface area contributed by atoms with Crippen molar-refractivity contribution in [2.75, 3.05) is 18.4 Å². The van der Waals surface area contributed by atoms with Gasteiger partial charge in [0.2, 0.25) is 0 Å². The Bertz CT molecular complexity index is 588. The molecule has 2 amide bonds. The number of carboxylic acid groups (broad SMARTS) is 1. The zero-order chi connectivity index (χ0) is 15.7. The Morgan fingerprint density at radius 3 is 2.38 bits per heavy atom. The van der Waals surface area contributed by atoms with Crippen molar-refractivity contribution < 1.29 is 27.9 Å². The van der Waals surface area contributed by atoms with E-state index < -0.39 is 41.1 Å². The highest BCUT2D eigenvalue weighted by Crippen LogP contribution is 2.25. The maximum Gasteiger partial charge on any atom is 0.321 e. The average molecular weight is 302 g/mol. The highest BCUT2D eigenvalue weighted by molar-refractivity contribution is 5.90. The molecule has 0 aromatic heterocycles. The number of benzene rings is 1. The van der Waals surface area contributed by atoms with Gasteiger partial charge in [-0.1, -0.05) is 6.92 Å². The fourth-order valence-corrected chi connectivity index (χ4v) is 2.01. The molecule has 0 saturated carbocycles. The van der Waals surface area contributed by atoms with Crippen molar-refractivity contribution in [3.8, 4) is 0 Å². The number of urea groups is 1. The number of likely N-dealkylation sites (tertiary alicyclic amines) is 1. The zero-order valence-electron chi connectivity index (χ0n) is 11.1. The summed E-state index contributed by atoms with van der Waals surface area (Å²) in [6.07, 6.45) is 0. The number of carbonyl (C=O) groups excluding carboxylic acids is 1. The minimum Gasteiger partial charge on any atom is -0.481 e. The number of nitrogens with one attached hydrogen (secondary N) is 1. The number of hydrogen-bond acceptors (Lipinski definition) is 2. The Balaban J connectivity index is 1.95. The molecule has 1 unspecified atom stereocenters. The average Bonchev–Trinajstić information content (AvgIpc) is 2.33. The topological polar surface area (TPSA) is 69.6 Å². The quantitative estimate of drug-likeness (QED) is 0.842. The van der Waals surface area contributed by atoms with Crippen molar-refractivity contribution in [3.63, 3.8) is 0 Å². The fraction of sp³-hybridized carbons (Fsp3) is 0.385. The molecule has 0 radical (unpaired) electrons. The third-order valence-electron chi connectivity index (χ3n) is 3.55. The highest BCUT2D eigenvalue weighted by Gasteiger charge is 2.37. The molecule has 21 heavy (non-hydrogen) atoms. The van der Waals surface area contributed by atoms with E-state index in [1.165, 1.54) is 11.8 Å². The molecule has 0 bridgehead atoms. The summed E-state index contributed by atoms with van der Waals surface area (Å²) < 4.78 is 39.1. The summed E-state index contributed by atoms with van der Waals surface area (Å²) in [7, 11) is 0. The van der Waals surface area contributed by atoms with Crippen molar-refractivity contribution in [2.24, 2.45) is 11.8 Å². The predicted molar refractivity (Wildman–Crippen MR) is 67.2 cm³/mol. The summed E-state index contributed by atoms with van der Waals surface area (Å²) in [6.45, 7) is 1.96. The highest BCUT2D eigenvalue weighted by atomic mass is 19.2. The molecule has 1 aromatic rings. The van der Waals surface area contributed by atoms with Gasteiger partial charge in [0.1, 0.15) is 5.82 Å². The largest absolute Gasteiger partial charge is 0.481 e. The molecule has 1 fully saturated rings. The van der Waals surface area contributed by atoms with Crippen LogP contribution in [0.3, 0.4) is 0 Å². The third kappa shape index (κ3) is 3.09. The Morgan fingerprint density at radius 1 is 1.24 bits per heavy atom. The molecule has 2 N–H and O–H groups in total. The van der Waals surface area contributed by atoms with Crippen LogP contribution in [0.4, 0.5) is 23.7 Å². The van der Waals surface area contributed by atoms with Crippen molar-refractivity contribution in [3.05, 3.63) is 29.6 Å². The Hall–Kier alpha value is -2.25. The molecule has 1 aliphatic heterocycles. The standard InChI is InChI=1S/C13H13F3N2O3/c1-6(12(19)20)7-4-18(5-7)13(21)17-11-3-9(15)8(14)2-10(11)16/h2-3,6-7H,4-5H2,1H3,(H,17,21)(H,19,20). The second-order valence-electron chi connectivity index (χ2n) is 4.97. The first-order valence-corrected chi connectivity index (χ1v) is 6.23. The van der Waals surface area contributed by atoms with Gasteiger partial charge in [-0.05, 0) is 0 Å². The van der Waals surface area contributed by atoms with E-state index in [0.717, 1.165) is 0 Å². The number of carbonyl (C=O) groups is 2. The summed E-state index contributed by atoms with van der Waals surface area (Å²) in [4.78, 5) is 23.8. The zero-order valence-corrected chi connectivity index (χ0v) is 11.1. The van der Waals surface area contributed by atoms with Gasteiger partial charge in [-0.25, -0.2) is 18.0 Å². The van der Waals surface area contributed by atoms with Crippen molar-refractivity contribution >= 4 is 17.7 Å². The van der Waals surface area contributed by atoms with Crippen LogP contribution in [0, 0.1) is 29.3 Å². The number of hydrogen-bond donors (Lipinski definition) is 2. The number of halogens is 3. The van der Waals surface area contributed by atoms with E-state index in [-0.39, 0.29) is 19.0 Å². The first-order chi connectivity index (χ1) is 9.79. The van der Waals surface area contributed by atoms with Crippen LogP contribution in [-0.4, -0.2) is 35.1 Å². The van der Waals surface area contributed by atoms with Crippen LogP contribution in [0.2, 0.25) is 0 Å². The number of aliphatic carboxylic acids is 1. The number of amides is 2. The molecule has 1 saturated heterocycles. The van der Waals surface area contributed by atoms with E-state index >= 15 is 0 Å². The molecular weight excluding hydrogens is 289 g/mol. The maximum absolute atomic E-state index is 13.4. The third-order valence-corrected chi connectivity index (χ3v) is 3.55. The van der Waals surface area contributed by atoms with Gasteiger partial charge >= 0.3 is 12.0 Å². The van der Waals surface area contributed by atoms with E-state index in [2.05, 4.69) is 5.32 Å². The maximum atomic E-state index is 13.4. The fourth-order valence-electron chi connectivity index (χ4n) is 2.01. The number of carboxylic acids is 1. The number of rotatable bonds is 3. The predicted octanol–water partition coefficient (Wildman–Crippen LogP) is 2.29. The van der Waals surface area contributed by atoms with Crippen LogP contribution in [0.1, 0.15) is 6.92 Å². The molecule has 114 valence electrons. The lowest BCUT2D eigenvalue weighted by atomic mass is 9.87. The minimum atomic E-state index is -1.34. The van der Waals surface area contributed by atoms with Crippen molar-refractivity contribution in [1.82, 2.24) is 4.90 Å². The van der Waals surface area contributed by atoms with Gasteiger partial charge in [-0.15, -0.1) is 0 Å². The van der Waals surface area contributed by atoms with Gasteiger partial charge in [-0.3, -0.25) is 4.79 Å². The van der Waals surface area contributed by atoms with E-state index in [1.54, 1.807) is 0 Å². The summed E-state index contributed by atoms with van der Waals surface area (Å²) in [6, 6.07) is 0.213. The van der Waals surface area contributed by atoms with E-state index in [1.807, 2.05) is 0 Å². The second kappa shape index (κ2) is 5.63. The first-order valence-electron chi connectivity index (χ1n) is 6.23. The molecule has 8 heteroatoms. The van der Waals surface area contributed by atoms with E-state index in [0.29, 0.717) is 12.1 Å². The summed E-state index contributed by atoms with van der Waals surface area (Å²) in [5, 5.41) is 11.0. The van der Waals surface area contributed by atoms with Gasteiger partial charge in [0.25, 0.3) is 0 Å². The molecule has 1 heterocycles. The lowest BCUT2D eigenvalue weighted by molar-refractivity contribution is -0.144. The Morgan fingerprint density at radius 2 is 1.81 bits per heavy atom. The summed E-state index contributed by atoms with van der Waals surface area (Å²) in [5.41, 5.74) is -0.464. The minimum absolute atomic E-state index is 0.178. The van der Waals surface area contributed by atoms with Gasteiger partial charge < -0.3 is 15.3 Å². The second-order valence-corrected chi connectivity index (χ2v) is 4.97. The van der Waals surface area contributed by atoms with Crippen LogP contribution in [-0.2, 0) is 4.79 Å². The van der Waals surface area contributed by atoms with Crippen LogP contribution in [0.25, 0.3) is 0 Å². The molecule has 1 aromatic carbocycles. The summed E-state index contributed by atoms with van der Waals surface area (Å²) >= 11 is 0. The smallest absolute Gasteiger partial charge is 0.321 e. The Kier molecular flexibility index (Phi) is 4.06. The molecule has 2 rings (SSSR count). The molecule has 1 atom stereocenters. The number of nitrogens with zero attached hydrogens (tertiary/aromatic N) is 1.